The second kappa shape index (κ2) is 8.83. The zero-order valence-corrected chi connectivity index (χ0v) is 20.2. The smallest absolute Gasteiger partial charge is 0.254 e. The van der Waals surface area contributed by atoms with Gasteiger partial charge in [0.25, 0.3) is 5.91 Å². The van der Waals surface area contributed by atoms with Gasteiger partial charge < -0.3 is 10.2 Å². The van der Waals surface area contributed by atoms with Gasteiger partial charge in [0, 0.05) is 17.2 Å². The summed E-state index contributed by atoms with van der Waals surface area (Å²) in [6.45, 7) is 0. The van der Waals surface area contributed by atoms with Crippen LogP contribution in [0.5, 0.6) is 0 Å². The maximum Gasteiger partial charge on any atom is 0.254 e. The third-order valence-corrected chi connectivity index (χ3v) is 8.51. The van der Waals surface area contributed by atoms with Crippen molar-refractivity contribution in [1.82, 2.24) is 10.2 Å². The summed E-state index contributed by atoms with van der Waals surface area (Å²) < 4.78 is 52.3. The molecule has 0 spiro atoms. The van der Waals surface area contributed by atoms with E-state index in [2.05, 4.69) is 5.32 Å². The molecule has 3 aliphatic rings. The Balaban J connectivity index is 1.42. The van der Waals surface area contributed by atoms with Gasteiger partial charge in [0.15, 0.2) is 0 Å². The predicted molar refractivity (Wildman–Crippen MR) is 124 cm³/mol. The van der Waals surface area contributed by atoms with Gasteiger partial charge >= 0.3 is 0 Å². The summed E-state index contributed by atoms with van der Waals surface area (Å²) in [6, 6.07) is 5.65. The van der Waals surface area contributed by atoms with Crippen LogP contribution in [0.15, 0.2) is 41.3 Å². The van der Waals surface area contributed by atoms with Crippen LogP contribution < -0.4 is 10.5 Å². The molecular weight excluding hydrogens is 500 g/mol. The third-order valence-electron chi connectivity index (χ3n) is 7.31. The lowest BCUT2D eigenvalue weighted by molar-refractivity contribution is -0.126. The summed E-state index contributed by atoms with van der Waals surface area (Å²) in [5, 5.41) is 7.74. The quantitative estimate of drug-likeness (QED) is 0.564. The molecule has 3 N–H and O–H groups in total. The molecule has 0 radical (unpaired) electrons. The highest BCUT2D eigenvalue weighted by atomic mass is 35.5. The SMILES string of the molecule is NS(=O)(=O)c1cccc(C(=O)N2[C@@H](C(=O)N[C@@H](c3cc(F)c(Cl)cc3F)C3CC3)C[C@H]3CC[C@H]32)c1. The number of hydrogen-bond acceptors (Lipinski definition) is 4. The Morgan fingerprint density at radius 1 is 1.09 bits per heavy atom. The monoisotopic (exact) mass is 523 g/mol. The maximum absolute atomic E-state index is 14.7. The number of halogens is 3. The molecule has 2 aromatic carbocycles. The highest BCUT2D eigenvalue weighted by Gasteiger charge is 2.52. The zero-order valence-electron chi connectivity index (χ0n) is 18.6. The Hall–Kier alpha value is -2.56. The first kappa shape index (κ1) is 24.1. The third kappa shape index (κ3) is 4.54. The lowest BCUT2D eigenvalue weighted by Crippen LogP contribution is -2.51. The number of benzene rings is 2. The molecular formula is C24H24ClF2N3O4S. The van der Waals surface area contributed by atoms with Crippen LogP contribution in [0.3, 0.4) is 0 Å². The Morgan fingerprint density at radius 2 is 1.83 bits per heavy atom. The summed E-state index contributed by atoms with van der Waals surface area (Å²) in [7, 11) is -4.01. The number of rotatable bonds is 6. The van der Waals surface area contributed by atoms with Gasteiger partial charge in [-0.25, -0.2) is 22.3 Å². The summed E-state index contributed by atoms with van der Waals surface area (Å²) >= 11 is 5.69. The van der Waals surface area contributed by atoms with Crippen molar-refractivity contribution in [3.63, 3.8) is 0 Å². The molecule has 11 heteroatoms. The van der Waals surface area contributed by atoms with Gasteiger partial charge in [-0.1, -0.05) is 17.7 Å². The summed E-state index contributed by atoms with van der Waals surface area (Å²) in [6.07, 6.45) is 3.57. The molecule has 0 unspecified atom stereocenters. The van der Waals surface area contributed by atoms with E-state index in [-0.39, 0.29) is 38.9 Å². The van der Waals surface area contributed by atoms with E-state index in [0.717, 1.165) is 37.8 Å². The molecule has 2 amide bonds. The number of fused-ring (bicyclic) bond motifs is 1. The number of nitrogens with zero attached hydrogens (tertiary/aromatic N) is 1. The number of nitrogens with one attached hydrogen (secondary N) is 1. The standard InChI is InChI=1S/C24H24ClF2N3O4S/c25-17-11-18(26)16(10-19(17)27)22(12-4-5-12)29-23(31)21-9-13-6-7-20(13)30(21)24(32)14-2-1-3-15(8-14)35(28,33)34/h1-3,8,10-13,20-22H,4-7,9H2,(H,29,31)(H2,28,33,34)/t13-,20-,21-,22-/m1/s1. The van der Waals surface area contributed by atoms with E-state index in [1.54, 1.807) is 0 Å². The van der Waals surface area contributed by atoms with Crippen LogP contribution in [0.4, 0.5) is 8.78 Å². The Kier molecular flexibility index (Phi) is 6.09. The first-order valence-electron chi connectivity index (χ1n) is 11.4. The maximum atomic E-state index is 14.7. The van der Waals surface area contributed by atoms with Crippen LogP contribution in [0.1, 0.15) is 54.1 Å². The van der Waals surface area contributed by atoms with Crippen molar-refractivity contribution in [1.29, 1.82) is 0 Å². The summed E-state index contributed by atoms with van der Waals surface area (Å²) in [5.74, 6) is -2.26. The summed E-state index contributed by atoms with van der Waals surface area (Å²) in [5.41, 5.74) is 0.147. The molecule has 1 heterocycles. The topological polar surface area (TPSA) is 110 Å². The lowest BCUT2D eigenvalue weighted by Gasteiger charge is -2.37. The first-order chi connectivity index (χ1) is 16.5. The van der Waals surface area contributed by atoms with Crippen LogP contribution in [0.2, 0.25) is 5.02 Å². The number of carbonyl (C=O) groups is 2. The minimum Gasteiger partial charge on any atom is -0.347 e. The van der Waals surface area contributed by atoms with E-state index in [4.69, 9.17) is 16.7 Å². The van der Waals surface area contributed by atoms with Crippen molar-refractivity contribution in [2.45, 2.75) is 55.1 Å². The van der Waals surface area contributed by atoms with Crippen molar-refractivity contribution >= 4 is 33.4 Å². The van der Waals surface area contributed by atoms with Crippen LogP contribution in [0.25, 0.3) is 0 Å². The highest BCUT2D eigenvalue weighted by molar-refractivity contribution is 7.89. The van der Waals surface area contributed by atoms with E-state index < -0.39 is 45.6 Å². The number of nitrogens with two attached hydrogens (primary N) is 1. The second-order valence-electron chi connectivity index (χ2n) is 9.55. The van der Waals surface area contributed by atoms with E-state index in [1.807, 2.05) is 0 Å². The molecule has 186 valence electrons. The summed E-state index contributed by atoms with van der Waals surface area (Å²) in [4.78, 5) is 28.2. The molecule has 4 atom stereocenters. The fourth-order valence-electron chi connectivity index (χ4n) is 5.21. The van der Waals surface area contributed by atoms with Crippen molar-refractivity contribution < 1.29 is 26.8 Å². The molecule has 7 nitrogen and oxygen atoms in total. The normalized spacial score (nSPS) is 24.5. The van der Waals surface area contributed by atoms with E-state index in [1.165, 1.54) is 29.2 Å². The van der Waals surface area contributed by atoms with Gasteiger partial charge in [-0.05, 0) is 74.3 Å². The van der Waals surface area contributed by atoms with Gasteiger partial charge in [0.1, 0.15) is 17.7 Å². The Labute approximate surface area is 206 Å². The molecule has 0 bridgehead atoms. The number of amides is 2. The van der Waals surface area contributed by atoms with E-state index >= 15 is 0 Å². The fourth-order valence-corrected chi connectivity index (χ4v) is 5.92. The van der Waals surface area contributed by atoms with Crippen LogP contribution >= 0.6 is 11.6 Å². The van der Waals surface area contributed by atoms with Crippen molar-refractivity contribution in [2.24, 2.45) is 17.0 Å². The molecule has 2 aromatic rings. The molecule has 1 saturated heterocycles. The molecule has 2 saturated carbocycles. The minimum absolute atomic E-state index is 0.0300. The van der Waals surface area contributed by atoms with Crippen LogP contribution in [-0.4, -0.2) is 37.2 Å². The van der Waals surface area contributed by atoms with Crippen molar-refractivity contribution in [2.75, 3.05) is 0 Å². The minimum atomic E-state index is -4.01. The van der Waals surface area contributed by atoms with E-state index in [0.29, 0.717) is 6.42 Å². The molecule has 2 aliphatic carbocycles. The number of hydrogen-bond donors (Lipinski definition) is 2. The van der Waals surface area contributed by atoms with Crippen LogP contribution in [-0.2, 0) is 14.8 Å². The molecule has 5 rings (SSSR count). The lowest BCUT2D eigenvalue weighted by atomic mass is 9.80. The van der Waals surface area contributed by atoms with Gasteiger partial charge in [-0.15, -0.1) is 0 Å². The average Bonchev–Trinajstić information content (AvgIpc) is 3.59. The number of sulfonamides is 1. The largest absolute Gasteiger partial charge is 0.347 e. The Morgan fingerprint density at radius 3 is 2.46 bits per heavy atom. The zero-order chi connectivity index (χ0) is 25.1. The van der Waals surface area contributed by atoms with Crippen LogP contribution in [0, 0.1) is 23.5 Å². The first-order valence-corrected chi connectivity index (χ1v) is 13.4. The molecule has 35 heavy (non-hydrogen) atoms. The van der Waals surface area contributed by atoms with E-state index in [9.17, 15) is 26.8 Å². The average molecular weight is 524 g/mol. The molecule has 3 fully saturated rings. The van der Waals surface area contributed by atoms with Crippen molar-refractivity contribution in [3.05, 3.63) is 64.2 Å². The Bertz CT molecular complexity index is 1320. The van der Waals surface area contributed by atoms with Gasteiger partial charge in [-0.3, -0.25) is 9.59 Å². The number of likely N-dealkylation sites (tertiary alicyclic amines) is 1. The molecule has 1 aliphatic heterocycles. The number of primary sulfonamides is 1. The van der Waals surface area contributed by atoms with Gasteiger partial charge in [-0.2, -0.15) is 0 Å². The van der Waals surface area contributed by atoms with Crippen molar-refractivity contribution in [3.8, 4) is 0 Å². The van der Waals surface area contributed by atoms with Gasteiger partial charge in [0.05, 0.1) is 16.0 Å². The predicted octanol–water partition coefficient (Wildman–Crippen LogP) is 3.53. The number of carbonyl (C=O) groups excluding carboxylic acids is 2. The second-order valence-corrected chi connectivity index (χ2v) is 11.5. The highest BCUT2D eigenvalue weighted by Crippen LogP contribution is 2.46. The fraction of sp³-hybridized carbons (Fsp3) is 0.417. The molecule has 0 aromatic heterocycles. The van der Waals surface area contributed by atoms with Gasteiger partial charge in [0.2, 0.25) is 15.9 Å².